The van der Waals surface area contributed by atoms with Crippen LogP contribution in [0.2, 0.25) is 0 Å². The Morgan fingerprint density at radius 3 is 2.69 bits per heavy atom. The molecule has 1 fully saturated rings. The number of benzene rings is 1. The van der Waals surface area contributed by atoms with Crippen LogP contribution in [0.15, 0.2) is 18.2 Å². The van der Waals surface area contributed by atoms with Crippen LogP contribution in [-0.4, -0.2) is 60.6 Å². The van der Waals surface area contributed by atoms with E-state index < -0.39 is 11.9 Å². The van der Waals surface area contributed by atoms with E-state index in [9.17, 15) is 14.4 Å². The molecular weight excluding hydrogens is 340 g/mol. The molecule has 2 amide bonds. The molecule has 0 aromatic heterocycles. The van der Waals surface area contributed by atoms with Gasteiger partial charge in [-0.2, -0.15) is 0 Å². The van der Waals surface area contributed by atoms with E-state index in [-0.39, 0.29) is 37.7 Å². The summed E-state index contributed by atoms with van der Waals surface area (Å²) in [6, 6.07) is 5.29. The quantitative estimate of drug-likeness (QED) is 0.815. The molecule has 1 unspecified atom stereocenters. The molecule has 1 atom stereocenters. The zero-order valence-corrected chi connectivity index (χ0v) is 14.6. The molecule has 8 nitrogen and oxygen atoms in total. The Bertz CT molecular complexity index is 720. The molecule has 0 radical (unpaired) electrons. The standard InChI is InChI=1S/C18H22N2O6/c1-2-19(6-5-17(22)23)18(24)12-9-16(21)20(11-12)13-3-4-14-15(10-13)26-8-7-25-14/h3-4,10,12H,2,5-9,11H2,1H3,(H,22,23). The van der Waals surface area contributed by atoms with E-state index in [1.165, 1.54) is 4.90 Å². The first-order valence-electron chi connectivity index (χ1n) is 8.70. The van der Waals surface area contributed by atoms with Crippen LogP contribution in [0.1, 0.15) is 19.8 Å². The lowest BCUT2D eigenvalue weighted by atomic mass is 10.1. The van der Waals surface area contributed by atoms with Crippen LogP contribution in [-0.2, 0) is 14.4 Å². The predicted octanol–water partition coefficient (Wildman–Crippen LogP) is 1.13. The van der Waals surface area contributed by atoms with Crippen molar-refractivity contribution >= 4 is 23.5 Å². The molecule has 26 heavy (non-hydrogen) atoms. The first kappa shape index (κ1) is 18.0. The van der Waals surface area contributed by atoms with Crippen LogP contribution in [0, 0.1) is 5.92 Å². The summed E-state index contributed by atoms with van der Waals surface area (Å²) in [5.74, 6) is -0.490. The van der Waals surface area contributed by atoms with E-state index in [1.807, 2.05) is 0 Å². The van der Waals surface area contributed by atoms with Gasteiger partial charge in [0.25, 0.3) is 0 Å². The molecule has 2 aliphatic heterocycles. The van der Waals surface area contributed by atoms with E-state index in [1.54, 1.807) is 30.0 Å². The van der Waals surface area contributed by atoms with Crippen LogP contribution in [0.3, 0.4) is 0 Å². The van der Waals surface area contributed by atoms with Crippen LogP contribution < -0.4 is 14.4 Å². The minimum Gasteiger partial charge on any atom is -0.486 e. The molecule has 1 aromatic carbocycles. The molecule has 140 valence electrons. The summed E-state index contributed by atoms with van der Waals surface area (Å²) in [4.78, 5) is 38.9. The van der Waals surface area contributed by atoms with Gasteiger partial charge in [-0.1, -0.05) is 0 Å². The molecule has 0 saturated carbocycles. The molecule has 0 aliphatic carbocycles. The molecule has 3 rings (SSSR count). The van der Waals surface area contributed by atoms with Gasteiger partial charge in [-0.05, 0) is 19.1 Å². The fraction of sp³-hybridized carbons (Fsp3) is 0.500. The van der Waals surface area contributed by atoms with Crippen molar-refractivity contribution in [3.63, 3.8) is 0 Å². The van der Waals surface area contributed by atoms with Crippen molar-refractivity contribution in [2.75, 3.05) is 37.7 Å². The van der Waals surface area contributed by atoms with Crippen molar-refractivity contribution in [3.05, 3.63) is 18.2 Å². The van der Waals surface area contributed by atoms with Crippen molar-refractivity contribution < 1.29 is 29.0 Å². The molecule has 1 saturated heterocycles. The molecule has 2 aliphatic rings. The number of anilines is 1. The molecule has 1 N–H and O–H groups in total. The molecule has 1 aromatic rings. The maximum absolute atomic E-state index is 12.7. The number of carboxylic acids is 1. The summed E-state index contributed by atoms with van der Waals surface area (Å²) in [6.07, 6.45) is 0.0168. The van der Waals surface area contributed by atoms with Gasteiger partial charge in [0.15, 0.2) is 11.5 Å². The third-order valence-corrected chi connectivity index (χ3v) is 4.60. The molecule has 0 spiro atoms. The van der Waals surface area contributed by atoms with Gasteiger partial charge < -0.3 is 24.4 Å². The number of rotatable bonds is 6. The normalized spacial score (nSPS) is 18.7. The van der Waals surface area contributed by atoms with Gasteiger partial charge in [-0.25, -0.2) is 0 Å². The second-order valence-electron chi connectivity index (χ2n) is 6.29. The fourth-order valence-corrected chi connectivity index (χ4v) is 3.24. The minimum atomic E-state index is -0.948. The lowest BCUT2D eigenvalue weighted by Gasteiger charge is -2.24. The maximum Gasteiger partial charge on any atom is 0.305 e. The van der Waals surface area contributed by atoms with Gasteiger partial charge in [0.1, 0.15) is 13.2 Å². The van der Waals surface area contributed by atoms with E-state index in [0.29, 0.717) is 36.9 Å². The van der Waals surface area contributed by atoms with Crippen molar-refractivity contribution in [2.24, 2.45) is 5.92 Å². The number of ether oxygens (including phenoxy) is 2. The number of nitrogens with zero attached hydrogens (tertiary/aromatic N) is 2. The van der Waals surface area contributed by atoms with Crippen molar-refractivity contribution in [1.29, 1.82) is 0 Å². The Balaban J connectivity index is 1.70. The van der Waals surface area contributed by atoms with Gasteiger partial charge in [-0.3, -0.25) is 14.4 Å². The summed E-state index contributed by atoms with van der Waals surface area (Å²) in [7, 11) is 0. The van der Waals surface area contributed by atoms with Gasteiger partial charge >= 0.3 is 5.97 Å². The zero-order chi connectivity index (χ0) is 18.7. The maximum atomic E-state index is 12.7. The number of carbonyl (C=O) groups is 3. The van der Waals surface area contributed by atoms with E-state index in [4.69, 9.17) is 14.6 Å². The Morgan fingerprint density at radius 2 is 2.00 bits per heavy atom. The monoisotopic (exact) mass is 362 g/mol. The first-order valence-corrected chi connectivity index (χ1v) is 8.70. The van der Waals surface area contributed by atoms with E-state index in [0.717, 1.165) is 0 Å². The van der Waals surface area contributed by atoms with E-state index in [2.05, 4.69) is 0 Å². The Labute approximate surface area is 151 Å². The number of amides is 2. The van der Waals surface area contributed by atoms with Gasteiger partial charge in [0, 0.05) is 37.8 Å². The van der Waals surface area contributed by atoms with Crippen LogP contribution in [0.4, 0.5) is 5.69 Å². The van der Waals surface area contributed by atoms with Gasteiger partial charge in [0.2, 0.25) is 11.8 Å². The van der Waals surface area contributed by atoms with Crippen LogP contribution in [0.5, 0.6) is 11.5 Å². The highest BCUT2D eigenvalue weighted by molar-refractivity contribution is 6.00. The average molecular weight is 362 g/mol. The second kappa shape index (κ2) is 7.63. The van der Waals surface area contributed by atoms with Crippen molar-refractivity contribution in [3.8, 4) is 11.5 Å². The van der Waals surface area contributed by atoms with Gasteiger partial charge in [-0.15, -0.1) is 0 Å². The Hall–Kier alpha value is -2.77. The zero-order valence-electron chi connectivity index (χ0n) is 14.6. The third kappa shape index (κ3) is 3.74. The summed E-state index contributed by atoms with van der Waals surface area (Å²) in [6.45, 7) is 3.60. The van der Waals surface area contributed by atoms with Gasteiger partial charge in [0.05, 0.1) is 12.3 Å². The molecule has 0 bridgehead atoms. The van der Waals surface area contributed by atoms with Crippen LogP contribution >= 0.6 is 0 Å². The summed E-state index contributed by atoms with van der Waals surface area (Å²) < 4.78 is 11.0. The minimum absolute atomic E-state index is 0.105. The molecule has 8 heteroatoms. The predicted molar refractivity (Wildman–Crippen MR) is 92.4 cm³/mol. The Morgan fingerprint density at radius 1 is 1.27 bits per heavy atom. The summed E-state index contributed by atoms with van der Waals surface area (Å²) in [5.41, 5.74) is 0.670. The summed E-state index contributed by atoms with van der Waals surface area (Å²) >= 11 is 0. The number of carbonyl (C=O) groups excluding carboxylic acids is 2. The second-order valence-corrected chi connectivity index (χ2v) is 6.29. The van der Waals surface area contributed by atoms with Crippen molar-refractivity contribution in [2.45, 2.75) is 19.8 Å². The largest absolute Gasteiger partial charge is 0.486 e. The highest BCUT2D eigenvalue weighted by Gasteiger charge is 2.37. The SMILES string of the molecule is CCN(CCC(=O)O)C(=O)C1CC(=O)N(c2ccc3c(c2)OCCO3)C1. The molecular formula is C18H22N2O6. The van der Waals surface area contributed by atoms with Crippen LogP contribution in [0.25, 0.3) is 0 Å². The first-order chi connectivity index (χ1) is 12.5. The smallest absolute Gasteiger partial charge is 0.305 e. The Kier molecular flexibility index (Phi) is 5.29. The van der Waals surface area contributed by atoms with Crippen molar-refractivity contribution in [1.82, 2.24) is 4.90 Å². The highest BCUT2D eigenvalue weighted by atomic mass is 16.6. The average Bonchev–Trinajstić information content (AvgIpc) is 3.03. The number of aliphatic carboxylic acids is 1. The number of fused-ring (bicyclic) bond motifs is 1. The summed E-state index contributed by atoms with van der Waals surface area (Å²) in [5, 5.41) is 8.81. The molecule has 2 heterocycles. The number of hydrogen-bond donors (Lipinski definition) is 1. The highest BCUT2D eigenvalue weighted by Crippen LogP contribution is 2.36. The topological polar surface area (TPSA) is 96.4 Å². The van der Waals surface area contributed by atoms with E-state index >= 15 is 0 Å². The number of hydrogen-bond acceptors (Lipinski definition) is 5. The fourth-order valence-electron chi connectivity index (χ4n) is 3.24. The lowest BCUT2D eigenvalue weighted by molar-refractivity contribution is -0.139. The third-order valence-electron chi connectivity index (χ3n) is 4.60. The lowest BCUT2D eigenvalue weighted by Crippen LogP contribution is -2.38. The number of carboxylic acid groups (broad SMARTS) is 1.